The molecule has 3 rings (SSSR count). The number of methoxy groups -OCH3 is 1. The SMILES string of the molecule is CCc1ccccc1NC(=O)CC(=O)NN=Cc1ccc(OCc2ccc(Br)cc2)c(OC)c1. The highest BCUT2D eigenvalue weighted by atomic mass is 79.9. The Morgan fingerprint density at radius 2 is 1.76 bits per heavy atom. The number of halogens is 1. The van der Waals surface area contributed by atoms with Gasteiger partial charge in [-0.05, 0) is 59.5 Å². The van der Waals surface area contributed by atoms with Crippen LogP contribution in [0.2, 0.25) is 0 Å². The van der Waals surface area contributed by atoms with Crippen molar-refractivity contribution in [2.75, 3.05) is 12.4 Å². The highest BCUT2D eigenvalue weighted by Crippen LogP contribution is 2.28. The molecule has 0 unspecified atom stereocenters. The Morgan fingerprint density at radius 3 is 2.50 bits per heavy atom. The van der Waals surface area contributed by atoms with E-state index in [-0.39, 0.29) is 6.42 Å². The van der Waals surface area contributed by atoms with Gasteiger partial charge in [0.25, 0.3) is 0 Å². The molecule has 0 aliphatic carbocycles. The van der Waals surface area contributed by atoms with Crippen LogP contribution in [-0.2, 0) is 22.6 Å². The lowest BCUT2D eigenvalue weighted by atomic mass is 10.1. The fourth-order valence-electron chi connectivity index (χ4n) is 3.13. The van der Waals surface area contributed by atoms with E-state index in [0.717, 1.165) is 22.0 Å². The first-order valence-electron chi connectivity index (χ1n) is 10.7. The first-order valence-corrected chi connectivity index (χ1v) is 11.5. The number of ether oxygens (including phenoxy) is 2. The zero-order valence-electron chi connectivity index (χ0n) is 19.0. The summed E-state index contributed by atoms with van der Waals surface area (Å²) in [5.74, 6) is 0.226. The second-order valence-corrected chi connectivity index (χ2v) is 8.27. The molecular weight excluding hydrogens is 498 g/mol. The molecule has 0 spiro atoms. The number of hydrogen-bond acceptors (Lipinski definition) is 5. The third-order valence-corrected chi connectivity index (χ3v) is 5.42. The molecule has 0 fully saturated rings. The van der Waals surface area contributed by atoms with Crippen LogP contribution in [0, 0.1) is 0 Å². The quantitative estimate of drug-likeness (QED) is 0.220. The third-order valence-electron chi connectivity index (χ3n) is 4.89. The summed E-state index contributed by atoms with van der Waals surface area (Å²) in [6.45, 7) is 2.40. The van der Waals surface area contributed by atoms with E-state index in [1.807, 2.05) is 55.5 Å². The molecule has 0 heterocycles. The fraction of sp³-hybridized carbons (Fsp3) is 0.192. The van der Waals surface area contributed by atoms with Gasteiger partial charge in [-0.2, -0.15) is 5.10 Å². The van der Waals surface area contributed by atoms with Crippen molar-refractivity contribution < 1.29 is 19.1 Å². The molecular formula is C26H26BrN3O4. The average Bonchev–Trinajstić information content (AvgIpc) is 2.84. The van der Waals surface area contributed by atoms with Gasteiger partial charge in [0.15, 0.2) is 11.5 Å². The van der Waals surface area contributed by atoms with Crippen LogP contribution in [0.3, 0.4) is 0 Å². The highest BCUT2D eigenvalue weighted by molar-refractivity contribution is 9.10. The Labute approximate surface area is 207 Å². The summed E-state index contributed by atoms with van der Waals surface area (Å²) in [4.78, 5) is 24.2. The molecule has 3 aromatic rings. The normalized spacial score (nSPS) is 10.7. The van der Waals surface area contributed by atoms with Gasteiger partial charge in [-0.3, -0.25) is 9.59 Å². The molecule has 2 N–H and O–H groups in total. The maximum atomic E-state index is 12.2. The summed E-state index contributed by atoms with van der Waals surface area (Å²) in [5.41, 5.74) is 5.82. The Morgan fingerprint density at radius 1 is 1.00 bits per heavy atom. The molecule has 0 aliphatic rings. The lowest BCUT2D eigenvalue weighted by Crippen LogP contribution is -2.25. The van der Waals surface area contributed by atoms with Crippen LogP contribution >= 0.6 is 15.9 Å². The molecule has 0 atom stereocenters. The molecule has 0 saturated heterocycles. The molecule has 176 valence electrons. The molecule has 0 saturated carbocycles. The van der Waals surface area contributed by atoms with Crippen LogP contribution in [0.25, 0.3) is 0 Å². The predicted octanol–water partition coefficient (Wildman–Crippen LogP) is 5.08. The number of hydrogen-bond donors (Lipinski definition) is 2. The number of anilines is 1. The molecule has 34 heavy (non-hydrogen) atoms. The van der Waals surface area contributed by atoms with Gasteiger partial charge in [-0.1, -0.05) is 53.2 Å². The maximum Gasteiger partial charge on any atom is 0.249 e. The number of nitrogens with one attached hydrogen (secondary N) is 2. The van der Waals surface area contributed by atoms with Gasteiger partial charge >= 0.3 is 0 Å². The van der Waals surface area contributed by atoms with E-state index in [2.05, 4.69) is 31.8 Å². The predicted molar refractivity (Wildman–Crippen MR) is 136 cm³/mol. The van der Waals surface area contributed by atoms with Crippen LogP contribution in [0.4, 0.5) is 5.69 Å². The molecule has 2 amide bonds. The molecule has 8 heteroatoms. The van der Waals surface area contributed by atoms with Crippen molar-refractivity contribution >= 4 is 39.6 Å². The lowest BCUT2D eigenvalue weighted by Gasteiger charge is -2.11. The zero-order chi connectivity index (χ0) is 24.3. The molecule has 0 aromatic heterocycles. The van der Waals surface area contributed by atoms with Crippen molar-refractivity contribution in [3.8, 4) is 11.5 Å². The van der Waals surface area contributed by atoms with Gasteiger partial charge < -0.3 is 14.8 Å². The third kappa shape index (κ3) is 7.45. The summed E-state index contributed by atoms with van der Waals surface area (Å²) in [5, 5.41) is 6.70. The summed E-state index contributed by atoms with van der Waals surface area (Å²) in [6.07, 6.45) is 1.93. The first-order chi connectivity index (χ1) is 16.5. The van der Waals surface area contributed by atoms with Gasteiger partial charge in [0.05, 0.1) is 13.3 Å². The van der Waals surface area contributed by atoms with Crippen molar-refractivity contribution in [2.45, 2.75) is 26.4 Å². The van der Waals surface area contributed by atoms with E-state index in [1.165, 1.54) is 6.21 Å². The Bertz CT molecular complexity index is 1160. The van der Waals surface area contributed by atoms with Crippen LogP contribution in [0.5, 0.6) is 11.5 Å². The number of rotatable bonds is 10. The van der Waals surface area contributed by atoms with Crippen molar-refractivity contribution in [3.63, 3.8) is 0 Å². The van der Waals surface area contributed by atoms with Gasteiger partial charge in [0.2, 0.25) is 11.8 Å². The van der Waals surface area contributed by atoms with E-state index in [4.69, 9.17) is 9.47 Å². The maximum absolute atomic E-state index is 12.2. The van der Waals surface area contributed by atoms with Crippen LogP contribution in [0.15, 0.2) is 76.3 Å². The summed E-state index contributed by atoms with van der Waals surface area (Å²) < 4.78 is 12.3. The minimum Gasteiger partial charge on any atom is -0.493 e. The molecule has 0 aliphatic heterocycles. The summed E-state index contributed by atoms with van der Waals surface area (Å²) >= 11 is 3.41. The average molecular weight is 524 g/mol. The monoisotopic (exact) mass is 523 g/mol. The molecule has 3 aromatic carbocycles. The minimum atomic E-state index is -0.510. The van der Waals surface area contributed by atoms with Gasteiger partial charge in [-0.25, -0.2) is 5.43 Å². The Balaban J connectivity index is 1.51. The number of carbonyl (C=O) groups excluding carboxylic acids is 2. The minimum absolute atomic E-state index is 0.332. The van der Waals surface area contributed by atoms with E-state index in [0.29, 0.717) is 29.4 Å². The molecule has 7 nitrogen and oxygen atoms in total. The fourth-order valence-corrected chi connectivity index (χ4v) is 3.40. The van der Waals surface area contributed by atoms with Crippen LogP contribution in [-0.4, -0.2) is 25.1 Å². The van der Waals surface area contributed by atoms with Crippen LogP contribution < -0.4 is 20.2 Å². The largest absolute Gasteiger partial charge is 0.493 e. The Hall–Kier alpha value is -3.65. The first kappa shape index (κ1) is 25.0. The zero-order valence-corrected chi connectivity index (χ0v) is 20.6. The number of benzene rings is 3. The van der Waals surface area contributed by atoms with Crippen molar-refractivity contribution in [2.24, 2.45) is 5.10 Å². The van der Waals surface area contributed by atoms with E-state index in [9.17, 15) is 9.59 Å². The van der Waals surface area contributed by atoms with Crippen molar-refractivity contribution in [1.82, 2.24) is 5.43 Å². The standard InChI is InChI=1S/C26H26BrN3O4/c1-3-20-6-4-5-7-22(20)29-25(31)15-26(32)30-28-16-19-10-13-23(24(14-19)33-2)34-17-18-8-11-21(27)12-9-18/h4-14,16H,3,15,17H2,1-2H3,(H,29,31)(H,30,32). The van der Waals surface area contributed by atoms with Gasteiger partial charge in [0.1, 0.15) is 13.0 Å². The molecule has 0 radical (unpaired) electrons. The number of hydrazone groups is 1. The van der Waals surface area contributed by atoms with Crippen molar-refractivity contribution in [3.05, 3.63) is 87.9 Å². The Kier molecular flexibility index (Phi) is 9.22. The van der Waals surface area contributed by atoms with E-state index < -0.39 is 11.8 Å². The van der Waals surface area contributed by atoms with Crippen LogP contribution in [0.1, 0.15) is 30.0 Å². The topological polar surface area (TPSA) is 89.0 Å². The summed E-state index contributed by atoms with van der Waals surface area (Å²) in [7, 11) is 1.56. The van der Waals surface area contributed by atoms with E-state index in [1.54, 1.807) is 25.3 Å². The number of carbonyl (C=O) groups is 2. The lowest BCUT2D eigenvalue weighted by molar-refractivity contribution is -0.126. The summed E-state index contributed by atoms with van der Waals surface area (Å²) in [6, 6.07) is 20.7. The second-order valence-electron chi connectivity index (χ2n) is 7.35. The number of nitrogens with zero attached hydrogens (tertiary/aromatic N) is 1. The second kappa shape index (κ2) is 12.6. The van der Waals surface area contributed by atoms with Gasteiger partial charge in [-0.15, -0.1) is 0 Å². The number of aryl methyl sites for hydroxylation is 1. The highest BCUT2D eigenvalue weighted by Gasteiger charge is 2.11. The van der Waals surface area contributed by atoms with Crippen molar-refractivity contribution in [1.29, 1.82) is 0 Å². The molecule has 0 bridgehead atoms. The van der Waals surface area contributed by atoms with E-state index >= 15 is 0 Å². The number of amides is 2. The van der Waals surface area contributed by atoms with Gasteiger partial charge in [0, 0.05) is 10.2 Å². The smallest absolute Gasteiger partial charge is 0.249 e. The number of para-hydroxylation sites is 1.